The standard InChI is InChI=1S/C23H24ClN3O3S/c1-2-30-19-13-15(10-11-18(19)28)14-20-22(29)27(16-7-4-3-5-8-16)23(31-20)26-17-9-6-12-25-21(17)24/h6,9-14,16,28H,2-5,7-8H2,1H3/b20-14-,26-23?. The monoisotopic (exact) mass is 457 g/mol. The topological polar surface area (TPSA) is 75.0 Å². The molecule has 1 saturated carbocycles. The molecule has 2 heterocycles. The van der Waals surface area contributed by atoms with Gasteiger partial charge in [-0.1, -0.05) is 36.9 Å². The Hall–Kier alpha value is -2.51. The normalized spacial score (nSPS) is 20.1. The summed E-state index contributed by atoms with van der Waals surface area (Å²) in [6.45, 7) is 2.30. The van der Waals surface area contributed by atoms with Crippen LogP contribution in [0.15, 0.2) is 46.4 Å². The molecule has 1 N–H and O–H groups in total. The van der Waals surface area contributed by atoms with Gasteiger partial charge in [0.1, 0.15) is 5.69 Å². The molecule has 2 fully saturated rings. The van der Waals surface area contributed by atoms with Crippen molar-refractivity contribution in [2.75, 3.05) is 6.61 Å². The van der Waals surface area contributed by atoms with Gasteiger partial charge >= 0.3 is 0 Å². The van der Waals surface area contributed by atoms with Crippen LogP contribution < -0.4 is 4.74 Å². The third-order valence-corrected chi connectivity index (χ3v) is 6.59. The van der Waals surface area contributed by atoms with E-state index in [0.29, 0.717) is 33.3 Å². The highest BCUT2D eigenvalue weighted by Crippen LogP contribution is 2.39. The first-order valence-corrected chi connectivity index (χ1v) is 11.6. The number of phenolic OH excluding ortho intramolecular Hbond substituents is 1. The molecule has 0 atom stereocenters. The Labute approximate surface area is 191 Å². The number of rotatable bonds is 5. The van der Waals surface area contributed by atoms with Crippen molar-refractivity contribution < 1.29 is 14.6 Å². The molecular formula is C23H24ClN3O3S. The van der Waals surface area contributed by atoms with Crippen LogP contribution in [-0.2, 0) is 4.79 Å². The van der Waals surface area contributed by atoms with E-state index in [1.54, 1.807) is 36.5 Å². The number of halogens is 1. The van der Waals surface area contributed by atoms with Gasteiger partial charge < -0.3 is 9.84 Å². The van der Waals surface area contributed by atoms with E-state index in [4.69, 9.17) is 21.3 Å². The van der Waals surface area contributed by atoms with E-state index < -0.39 is 0 Å². The average Bonchev–Trinajstić information content (AvgIpc) is 3.07. The summed E-state index contributed by atoms with van der Waals surface area (Å²) >= 11 is 7.56. The number of hydrogen-bond donors (Lipinski definition) is 1. The summed E-state index contributed by atoms with van der Waals surface area (Å²) in [4.78, 5) is 24.6. The van der Waals surface area contributed by atoms with E-state index in [2.05, 4.69) is 4.98 Å². The molecule has 1 saturated heterocycles. The zero-order chi connectivity index (χ0) is 21.8. The van der Waals surface area contributed by atoms with E-state index >= 15 is 0 Å². The number of pyridine rings is 1. The second-order valence-electron chi connectivity index (χ2n) is 7.45. The summed E-state index contributed by atoms with van der Waals surface area (Å²) < 4.78 is 5.47. The number of phenols is 1. The largest absolute Gasteiger partial charge is 0.504 e. The molecule has 1 aliphatic carbocycles. The van der Waals surface area contributed by atoms with Crippen molar-refractivity contribution in [2.24, 2.45) is 4.99 Å². The second kappa shape index (κ2) is 9.75. The van der Waals surface area contributed by atoms with Crippen molar-refractivity contribution in [2.45, 2.75) is 45.1 Å². The van der Waals surface area contributed by atoms with Crippen molar-refractivity contribution >= 4 is 46.2 Å². The van der Waals surface area contributed by atoms with Crippen LogP contribution in [0.1, 0.15) is 44.6 Å². The van der Waals surface area contributed by atoms with Crippen LogP contribution in [0.25, 0.3) is 6.08 Å². The van der Waals surface area contributed by atoms with Crippen LogP contribution in [0.4, 0.5) is 5.69 Å². The van der Waals surface area contributed by atoms with Gasteiger partial charge in [0.15, 0.2) is 21.8 Å². The van der Waals surface area contributed by atoms with Gasteiger partial charge in [-0.3, -0.25) is 9.69 Å². The average molecular weight is 458 g/mol. The SMILES string of the molecule is CCOc1cc(/C=C2\SC(=Nc3cccnc3Cl)N(C3CCCCC3)C2=O)ccc1O. The highest BCUT2D eigenvalue weighted by atomic mass is 35.5. The van der Waals surface area contributed by atoms with Crippen LogP contribution in [0.5, 0.6) is 11.5 Å². The maximum atomic E-state index is 13.4. The van der Waals surface area contributed by atoms with E-state index in [1.807, 2.05) is 17.9 Å². The molecule has 1 amide bonds. The van der Waals surface area contributed by atoms with Crippen LogP contribution in [-0.4, -0.2) is 38.7 Å². The number of carbonyl (C=O) groups excluding carboxylic acids is 1. The lowest BCUT2D eigenvalue weighted by Crippen LogP contribution is -2.40. The number of carbonyl (C=O) groups is 1. The van der Waals surface area contributed by atoms with E-state index in [-0.39, 0.29) is 17.7 Å². The molecule has 0 unspecified atom stereocenters. The van der Waals surface area contributed by atoms with Gasteiger partial charge in [-0.05, 0) is 67.4 Å². The van der Waals surface area contributed by atoms with Crippen molar-refractivity contribution in [3.05, 3.63) is 52.2 Å². The Kier molecular flexibility index (Phi) is 6.83. The maximum absolute atomic E-state index is 13.4. The third kappa shape index (κ3) is 4.88. The predicted molar refractivity (Wildman–Crippen MR) is 125 cm³/mol. The summed E-state index contributed by atoms with van der Waals surface area (Å²) in [5.41, 5.74) is 1.33. The highest BCUT2D eigenvalue weighted by Gasteiger charge is 2.38. The first-order chi connectivity index (χ1) is 15.1. The molecule has 8 heteroatoms. The molecule has 2 aliphatic rings. The zero-order valence-electron chi connectivity index (χ0n) is 17.3. The van der Waals surface area contributed by atoms with Crippen LogP contribution in [0, 0.1) is 0 Å². The number of amidine groups is 1. The number of nitrogens with zero attached hydrogens (tertiary/aromatic N) is 3. The molecule has 0 bridgehead atoms. The van der Waals surface area contributed by atoms with E-state index in [0.717, 1.165) is 31.2 Å². The fourth-order valence-corrected chi connectivity index (χ4v) is 5.05. The maximum Gasteiger partial charge on any atom is 0.267 e. The molecule has 1 aromatic carbocycles. The van der Waals surface area contributed by atoms with E-state index in [1.165, 1.54) is 18.2 Å². The minimum absolute atomic E-state index is 0.0540. The number of benzene rings is 1. The molecule has 162 valence electrons. The Morgan fingerprint density at radius 3 is 2.87 bits per heavy atom. The molecule has 31 heavy (non-hydrogen) atoms. The Bertz CT molecular complexity index is 1030. The molecule has 0 spiro atoms. The number of thioether (sulfide) groups is 1. The number of aromatic nitrogens is 1. The van der Waals surface area contributed by atoms with Gasteiger partial charge in [0, 0.05) is 12.2 Å². The lowest BCUT2D eigenvalue weighted by Gasteiger charge is -2.30. The van der Waals surface area contributed by atoms with Crippen LogP contribution in [0.3, 0.4) is 0 Å². The van der Waals surface area contributed by atoms with E-state index in [9.17, 15) is 9.90 Å². The summed E-state index contributed by atoms with van der Waals surface area (Å²) in [7, 11) is 0. The van der Waals surface area contributed by atoms with Gasteiger partial charge in [-0.25, -0.2) is 9.98 Å². The molecular weight excluding hydrogens is 434 g/mol. The lowest BCUT2D eigenvalue weighted by atomic mass is 9.94. The summed E-state index contributed by atoms with van der Waals surface area (Å²) in [6, 6.07) is 8.77. The predicted octanol–water partition coefficient (Wildman–Crippen LogP) is 5.78. The van der Waals surface area contributed by atoms with Crippen LogP contribution >= 0.6 is 23.4 Å². The molecule has 6 nitrogen and oxygen atoms in total. The van der Waals surface area contributed by atoms with Crippen molar-refractivity contribution in [1.29, 1.82) is 0 Å². The number of hydrogen-bond acceptors (Lipinski definition) is 6. The number of amides is 1. The van der Waals surface area contributed by atoms with Gasteiger partial charge in [-0.2, -0.15) is 0 Å². The fraction of sp³-hybridized carbons (Fsp3) is 0.348. The fourth-order valence-electron chi connectivity index (χ4n) is 3.83. The smallest absolute Gasteiger partial charge is 0.267 e. The second-order valence-corrected chi connectivity index (χ2v) is 8.81. The Morgan fingerprint density at radius 1 is 1.32 bits per heavy atom. The quantitative estimate of drug-likeness (QED) is 0.455. The molecule has 1 aromatic heterocycles. The van der Waals surface area contributed by atoms with Gasteiger partial charge in [-0.15, -0.1) is 0 Å². The summed E-state index contributed by atoms with van der Waals surface area (Å²) in [6.07, 6.45) is 8.77. The molecule has 2 aromatic rings. The van der Waals surface area contributed by atoms with Crippen LogP contribution in [0.2, 0.25) is 5.15 Å². The first-order valence-electron chi connectivity index (χ1n) is 10.4. The van der Waals surface area contributed by atoms with Gasteiger partial charge in [0.05, 0.1) is 11.5 Å². The van der Waals surface area contributed by atoms with Crippen molar-refractivity contribution in [3.8, 4) is 11.5 Å². The van der Waals surface area contributed by atoms with Gasteiger partial charge in [0.2, 0.25) is 0 Å². The summed E-state index contributed by atoms with van der Waals surface area (Å²) in [5, 5.41) is 10.9. The minimum atomic E-state index is -0.0540. The summed E-state index contributed by atoms with van der Waals surface area (Å²) in [5.74, 6) is 0.417. The molecule has 1 aliphatic heterocycles. The Balaban J connectivity index is 1.70. The molecule has 4 rings (SSSR count). The lowest BCUT2D eigenvalue weighted by molar-refractivity contribution is -0.124. The minimum Gasteiger partial charge on any atom is -0.504 e. The number of aliphatic imine (C=N–C) groups is 1. The van der Waals surface area contributed by atoms with Crippen molar-refractivity contribution in [3.63, 3.8) is 0 Å². The number of aromatic hydroxyl groups is 1. The van der Waals surface area contributed by atoms with Crippen molar-refractivity contribution in [1.82, 2.24) is 9.88 Å². The third-order valence-electron chi connectivity index (χ3n) is 5.31. The number of ether oxygens (including phenoxy) is 1. The highest BCUT2D eigenvalue weighted by molar-refractivity contribution is 8.18. The zero-order valence-corrected chi connectivity index (χ0v) is 18.8. The van der Waals surface area contributed by atoms with Gasteiger partial charge in [0.25, 0.3) is 5.91 Å². The Morgan fingerprint density at radius 2 is 2.13 bits per heavy atom. The molecule has 0 radical (unpaired) electrons. The first kappa shape index (κ1) is 21.7.